The number of hydrogen-bond donors (Lipinski definition) is 1. The molecule has 2 heteroatoms. The van der Waals surface area contributed by atoms with Crippen LogP contribution in [-0.4, -0.2) is 5.90 Å². The highest BCUT2D eigenvalue weighted by Crippen LogP contribution is 2.09. The molecule has 1 rings (SSSR count). The normalized spacial score (nSPS) is 10.9. The van der Waals surface area contributed by atoms with Crippen LogP contribution in [0.3, 0.4) is 0 Å². The van der Waals surface area contributed by atoms with Crippen molar-refractivity contribution in [1.29, 1.82) is 5.41 Å². The van der Waals surface area contributed by atoms with Gasteiger partial charge in [-0.2, -0.15) is 0 Å². The Bertz CT molecular complexity index is 405. The van der Waals surface area contributed by atoms with Gasteiger partial charge >= 0.3 is 0 Å². The van der Waals surface area contributed by atoms with Gasteiger partial charge in [0, 0.05) is 5.56 Å². The van der Waals surface area contributed by atoms with Crippen LogP contribution in [0.5, 0.6) is 0 Å². The smallest absolute Gasteiger partial charge is 0.218 e. The molecule has 1 aromatic carbocycles. The van der Waals surface area contributed by atoms with Crippen molar-refractivity contribution in [2.24, 2.45) is 0 Å². The number of rotatable bonds is 3. The highest BCUT2D eigenvalue weighted by atomic mass is 16.5. The van der Waals surface area contributed by atoms with Gasteiger partial charge in [-0.15, -0.1) is 0 Å². The molecule has 1 aromatic rings. The molecule has 0 spiro atoms. The predicted octanol–water partition coefficient (Wildman–Crippen LogP) is 3.60. The van der Waals surface area contributed by atoms with Gasteiger partial charge in [-0.25, -0.2) is 0 Å². The van der Waals surface area contributed by atoms with Crippen LogP contribution < -0.4 is 0 Å². The van der Waals surface area contributed by atoms with Crippen LogP contribution in [0, 0.1) is 5.41 Å². The van der Waals surface area contributed by atoms with Gasteiger partial charge in [0.05, 0.1) is 5.76 Å². The SMILES string of the molecule is C=Cc1cccc(C(=N)O/C(C)=C/C)c1. The molecule has 0 heterocycles. The van der Waals surface area contributed by atoms with Crippen LogP contribution in [0.2, 0.25) is 0 Å². The zero-order valence-electron chi connectivity index (χ0n) is 9.08. The van der Waals surface area contributed by atoms with E-state index in [1.165, 1.54) is 0 Å². The van der Waals surface area contributed by atoms with E-state index < -0.39 is 0 Å². The Morgan fingerprint density at radius 2 is 2.20 bits per heavy atom. The summed E-state index contributed by atoms with van der Waals surface area (Å²) in [5.74, 6) is 0.887. The Morgan fingerprint density at radius 3 is 2.80 bits per heavy atom. The highest BCUT2D eigenvalue weighted by molar-refractivity contribution is 5.92. The fourth-order valence-corrected chi connectivity index (χ4v) is 1.09. The molecule has 2 nitrogen and oxygen atoms in total. The Morgan fingerprint density at radius 1 is 1.47 bits per heavy atom. The first-order chi connectivity index (χ1) is 7.17. The first-order valence-corrected chi connectivity index (χ1v) is 4.79. The van der Waals surface area contributed by atoms with Crippen molar-refractivity contribution >= 4 is 12.0 Å². The summed E-state index contributed by atoms with van der Waals surface area (Å²) in [6.07, 6.45) is 3.57. The molecular weight excluding hydrogens is 186 g/mol. The first-order valence-electron chi connectivity index (χ1n) is 4.79. The number of allylic oxidation sites excluding steroid dienone is 2. The Hall–Kier alpha value is -1.83. The van der Waals surface area contributed by atoms with E-state index in [2.05, 4.69) is 6.58 Å². The van der Waals surface area contributed by atoms with E-state index in [-0.39, 0.29) is 5.90 Å². The third-order valence-corrected chi connectivity index (χ3v) is 2.05. The lowest BCUT2D eigenvalue weighted by atomic mass is 10.1. The van der Waals surface area contributed by atoms with Gasteiger partial charge < -0.3 is 4.74 Å². The van der Waals surface area contributed by atoms with Crippen molar-refractivity contribution in [3.8, 4) is 0 Å². The summed E-state index contributed by atoms with van der Waals surface area (Å²) < 4.78 is 5.30. The van der Waals surface area contributed by atoms with Crippen molar-refractivity contribution < 1.29 is 4.74 Å². The number of nitrogens with one attached hydrogen (secondary N) is 1. The Balaban J connectivity index is 2.86. The van der Waals surface area contributed by atoms with E-state index in [0.717, 1.165) is 16.9 Å². The standard InChI is InChI=1S/C13H15NO/c1-4-10(3)15-13(14)12-8-6-7-11(5-2)9-12/h4-9,14H,2H2,1,3H3/b10-4+,14-13?. The quantitative estimate of drug-likeness (QED) is 0.452. The molecule has 0 aliphatic heterocycles. The summed E-state index contributed by atoms with van der Waals surface area (Å²) in [7, 11) is 0. The maximum atomic E-state index is 7.74. The van der Waals surface area contributed by atoms with Crippen molar-refractivity contribution in [3.05, 3.63) is 53.8 Å². The van der Waals surface area contributed by atoms with Gasteiger partial charge in [0.25, 0.3) is 0 Å². The molecule has 0 aromatic heterocycles. The lowest BCUT2D eigenvalue weighted by Gasteiger charge is -2.07. The van der Waals surface area contributed by atoms with E-state index in [1.807, 2.05) is 44.2 Å². The third-order valence-electron chi connectivity index (χ3n) is 2.05. The molecular formula is C13H15NO. The molecule has 0 atom stereocenters. The molecule has 0 fully saturated rings. The molecule has 1 N–H and O–H groups in total. The fraction of sp³-hybridized carbons (Fsp3) is 0.154. The fourth-order valence-electron chi connectivity index (χ4n) is 1.09. The Kier molecular flexibility index (Phi) is 3.86. The summed E-state index contributed by atoms with van der Waals surface area (Å²) in [6.45, 7) is 7.39. The summed E-state index contributed by atoms with van der Waals surface area (Å²) in [4.78, 5) is 0. The maximum absolute atomic E-state index is 7.74. The molecule has 0 bridgehead atoms. The monoisotopic (exact) mass is 201 g/mol. The minimum Gasteiger partial charge on any atom is -0.444 e. The zero-order chi connectivity index (χ0) is 11.3. The predicted molar refractivity (Wildman–Crippen MR) is 63.9 cm³/mol. The largest absolute Gasteiger partial charge is 0.444 e. The van der Waals surface area contributed by atoms with E-state index in [1.54, 1.807) is 6.08 Å². The third kappa shape index (κ3) is 3.09. The summed E-state index contributed by atoms with van der Waals surface area (Å²) in [6, 6.07) is 7.54. The van der Waals surface area contributed by atoms with Gasteiger partial charge in [0.2, 0.25) is 5.90 Å². The average molecular weight is 201 g/mol. The van der Waals surface area contributed by atoms with Gasteiger partial charge in [-0.05, 0) is 37.6 Å². The molecule has 78 valence electrons. The molecule has 0 aliphatic rings. The van der Waals surface area contributed by atoms with Crippen LogP contribution in [0.15, 0.2) is 42.7 Å². The maximum Gasteiger partial charge on any atom is 0.218 e. The van der Waals surface area contributed by atoms with Crippen LogP contribution >= 0.6 is 0 Å². The summed E-state index contributed by atoms with van der Waals surface area (Å²) in [5, 5.41) is 7.74. The lowest BCUT2D eigenvalue weighted by molar-refractivity contribution is 0.414. The van der Waals surface area contributed by atoms with Crippen LogP contribution in [0.25, 0.3) is 6.08 Å². The minimum atomic E-state index is 0.161. The van der Waals surface area contributed by atoms with E-state index in [0.29, 0.717) is 0 Å². The Labute approximate surface area is 90.4 Å². The number of hydrogen-bond acceptors (Lipinski definition) is 2. The molecule has 0 aliphatic carbocycles. The minimum absolute atomic E-state index is 0.161. The average Bonchev–Trinajstić information content (AvgIpc) is 2.28. The van der Waals surface area contributed by atoms with Gasteiger partial charge in [-0.3, -0.25) is 5.41 Å². The van der Waals surface area contributed by atoms with Gasteiger partial charge in [0.15, 0.2) is 0 Å². The summed E-state index contributed by atoms with van der Waals surface area (Å²) >= 11 is 0. The van der Waals surface area contributed by atoms with Crippen molar-refractivity contribution in [2.75, 3.05) is 0 Å². The molecule has 0 amide bonds. The van der Waals surface area contributed by atoms with Crippen molar-refractivity contribution in [3.63, 3.8) is 0 Å². The van der Waals surface area contributed by atoms with Gasteiger partial charge in [0.1, 0.15) is 0 Å². The highest BCUT2D eigenvalue weighted by Gasteiger charge is 2.03. The van der Waals surface area contributed by atoms with Crippen molar-refractivity contribution in [1.82, 2.24) is 0 Å². The molecule has 0 unspecified atom stereocenters. The zero-order valence-corrected chi connectivity index (χ0v) is 9.08. The second kappa shape index (κ2) is 5.15. The van der Waals surface area contributed by atoms with Gasteiger partial charge in [-0.1, -0.05) is 24.8 Å². The van der Waals surface area contributed by atoms with Crippen LogP contribution in [-0.2, 0) is 4.74 Å². The molecule has 15 heavy (non-hydrogen) atoms. The molecule has 0 saturated carbocycles. The number of benzene rings is 1. The second-order valence-corrected chi connectivity index (χ2v) is 3.16. The lowest BCUT2D eigenvalue weighted by Crippen LogP contribution is -2.03. The van der Waals surface area contributed by atoms with E-state index in [4.69, 9.17) is 10.1 Å². The number of ether oxygens (including phenoxy) is 1. The van der Waals surface area contributed by atoms with Crippen molar-refractivity contribution in [2.45, 2.75) is 13.8 Å². The first kappa shape index (κ1) is 11.2. The van der Waals surface area contributed by atoms with Crippen LogP contribution in [0.1, 0.15) is 25.0 Å². The molecule has 0 saturated heterocycles. The van der Waals surface area contributed by atoms with E-state index in [9.17, 15) is 0 Å². The topological polar surface area (TPSA) is 33.1 Å². The molecule has 0 radical (unpaired) electrons. The van der Waals surface area contributed by atoms with Crippen LogP contribution in [0.4, 0.5) is 0 Å². The second-order valence-electron chi connectivity index (χ2n) is 3.16. The summed E-state index contributed by atoms with van der Waals surface area (Å²) in [5.41, 5.74) is 1.74. The van der Waals surface area contributed by atoms with E-state index >= 15 is 0 Å².